The van der Waals surface area contributed by atoms with Gasteiger partial charge in [0.05, 0.1) is 24.3 Å². The summed E-state index contributed by atoms with van der Waals surface area (Å²) >= 11 is 0. The summed E-state index contributed by atoms with van der Waals surface area (Å²) in [5.41, 5.74) is 0.910. The Morgan fingerprint density at radius 2 is 2.10 bits per heavy atom. The largest absolute Gasteiger partial charge is 0.379 e. The van der Waals surface area contributed by atoms with Crippen molar-refractivity contribution in [2.24, 2.45) is 0 Å². The highest BCUT2D eigenvalue weighted by atomic mass is 16.6. The molecule has 0 aliphatic carbocycles. The summed E-state index contributed by atoms with van der Waals surface area (Å²) in [6, 6.07) is 0. The van der Waals surface area contributed by atoms with Crippen molar-refractivity contribution in [3.05, 3.63) is 33.7 Å². The Labute approximate surface area is 127 Å². The quantitative estimate of drug-likeness (QED) is 0.390. The highest BCUT2D eigenvalue weighted by Crippen LogP contribution is 2.12. The summed E-state index contributed by atoms with van der Waals surface area (Å²) in [4.78, 5) is 15.1. The van der Waals surface area contributed by atoms with Crippen molar-refractivity contribution in [3.63, 3.8) is 0 Å². The normalized spacial score (nSPS) is 17.9. The summed E-state index contributed by atoms with van der Waals surface area (Å²) in [6.45, 7) is 9.18. The van der Waals surface area contributed by atoms with Crippen LogP contribution >= 0.6 is 0 Å². The second-order valence-electron chi connectivity index (χ2n) is 5.36. The minimum atomic E-state index is -0.306. The van der Waals surface area contributed by atoms with Gasteiger partial charge in [-0.2, -0.15) is 0 Å². The van der Waals surface area contributed by atoms with E-state index in [2.05, 4.69) is 4.90 Å². The van der Waals surface area contributed by atoms with Crippen LogP contribution in [0.2, 0.25) is 0 Å². The molecule has 120 valence electrons. The lowest BCUT2D eigenvalue weighted by atomic mass is 10.2. The number of nitro groups is 1. The third-order valence-electron chi connectivity index (χ3n) is 3.54. The predicted molar refractivity (Wildman–Crippen MR) is 83.6 cm³/mol. The minimum absolute atomic E-state index is 0.186. The molecule has 0 aromatic rings. The van der Waals surface area contributed by atoms with Gasteiger partial charge in [-0.05, 0) is 19.8 Å². The number of rotatable bonds is 8. The van der Waals surface area contributed by atoms with Gasteiger partial charge in [0.15, 0.2) is 0 Å². The number of hydrogen-bond acceptors (Lipinski definition) is 5. The molecule has 1 aliphatic rings. The average molecular weight is 297 g/mol. The van der Waals surface area contributed by atoms with E-state index in [1.165, 1.54) is 0 Å². The number of hydrogen-bond donors (Lipinski definition) is 0. The fraction of sp³-hybridized carbons (Fsp3) is 0.733. The molecular formula is C15H27N3O3. The lowest BCUT2D eigenvalue weighted by Crippen LogP contribution is -2.37. The lowest BCUT2D eigenvalue weighted by Gasteiger charge is -2.27. The molecule has 0 aromatic heterocycles. The molecule has 1 aliphatic heterocycles. The zero-order chi connectivity index (χ0) is 15.7. The van der Waals surface area contributed by atoms with Crippen LogP contribution in [0.3, 0.4) is 0 Å². The first kappa shape index (κ1) is 17.7. The fourth-order valence-electron chi connectivity index (χ4n) is 2.35. The van der Waals surface area contributed by atoms with Crippen molar-refractivity contribution in [2.75, 3.05) is 46.4 Å². The van der Waals surface area contributed by atoms with Gasteiger partial charge in [-0.15, -0.1) is 0 Å². The zero-order valence-electron chi connectivity index (χ0n) is 13.4. The summed E-state index contributed by atoms with van der Waals surface area (Å²) in [6.07, 6.45) is 5.32. The van der Waals surface area contributed by atoms with E-state index in [4.69, 9.17) is 4.74 Å². The van der Waals surface area contributed by atoms with Crippen LogP contribution in [0.4, 0.5) is 0 Å². The van der Waals surface area contributed by atoms with Gasteiger partial charge < -0.3 is 9.64 Å². The van der Waals surface area contributed by atoms with Gasteiger partial charge in [0.2, 0.25) is 0 Å². The molecule has 0 atom stereocenters. The van der Waals surface area contributed by atoms with Crippen LogP contribution < -0.4 is 0 Å². The summed E-state index contributed by atoms with van der Waals surface area (Å²) in [5.74, 6) is 0. The van der Waals surface area contributed by atoms with Crippen molar-refractivity contribution in [2.45, 2.75) is 26.7 Å². The van der Waals surface area contributed by atoms with E-state index in [9.17, 15) is 10.1 Å². The number of morpholine rings is 1. The van der Waals surface area contributed by atoms with E-state index in [0.29, 0.717) is 0 Å². The maximum absolute atomic E-state index is 11.1. The first-order valence-corrected chi connectivity index (χ1v) is 7.58. The van der Waals surface area contributed by atoms with Gasteiger partial charge in [-0.3, -0.25) is 15.0 Å². The molecule has 0 aromatic carbocycles. The Bertz CT molecular complexity index is 388. The van der Waals surface area contributed by atoms with Gasteiger partial charge >= 0.3 is 0 Å². The zero-order valence-corrected chi connectivity index (χ0v) is 13.4. The Balaban J connectivity index is 2.44. The Hall–Kier alpha value is -1.40. The van der Waals surface area contributed by atoms with Gasteiger partial charge in [0.1, 0.15) is 0 Å². The monoisotopic (exact) mass is 297 g/mol. The van der Waals surface area contributed by atoms with E-state index in [1.807, 2.05) is 24.9 Å². The van der Waals surface area contributed by atoms with E-state index >= 15 is 0 Å². The van der Waals surface area contributed by atoms with Crippen molar-refractivity contribution < 1.29 is 9.66 Å². The van der Waals surface area contributed by atoms with Crippen molar-refractivity contribution >= 4 is 0 Å². The third kappa shape index (κ3) is 6.73. The summed E-state index contributed by atoms with van der Waals surface area (Å²) in [5, 5.41) is 11.1. The third-order valence-corrected chi connectivity index (χ3v) is 3.54. The molecule has 1 fully saturated rings. The lowest BCUT2D eigenvalue weighted by molar-refractivity contribution is -0.421. The maximum Gasteiger partial charge on any atom is 0.287 e. The van der Waals surface area contributed by atoms with E-state index in [1.54, 1.807) is 13.1 Å². The maximum atomic E-state index is 11.1. The van der Waals surface area contributed by atoms with E-state index in [-0.39, 0.29) is 10.6 Å². The highest BCUT2D eigenvalue weighted by molar-refractivity contribution is 5.22. The molecule has 6 nitrogen and oxygen atoms in total. The van der Waals surface area contributed by atoms with Gasteiger partial charge in [-0.1, -0.05) is 13.0 Å². The van der Waals surface area contributed by atoms with Crippen LogP contribution in [0.25, 0.3) is 0 Å². The molecule has 1 saturated heterocycles. The van der Waals surface area contributed by atoms with Crippen LogP contribution in [0, 0.1) is 10.1 Å². The first-order valence-electron chi connectivity index (χ1n) is 7.58. The molecule has 1 rings (SSSR count). The molecule has 1 heterocycles. The Kier molecular flexibility index (Phi) is 8.00. The second kappa shape index (κ2) is 9.52. The number of allylic oxidation sites excluding steroid dienone is 2. The molecule has 6 heteroatoms. The van der Waals surface area contributed by atoms with E-state index < -0.39 is 0 Å². The van der Waals surface area contributed by atoms with Crippen LogP contribution in [0.15, 0.2) is 23.5 Å². The molecule has 0 spiro atoms. The molecule has 21 heavy (non-hydrogen) atoms. The molecule has 0 amide bonds. The molecule has 0 N–H and O–H groups in total. The van der Waals surface area contributed by atoms with Crippen LogP contribution in [0.5, 0.6) is 0 Å². The standard InChI is InChI=1S/C15H27N3O3/c1-4-6-14(2)15(18(19)20)13-16(3)7-5-8-17-9-11-21-12-10-17/h6,13H,4-5,7-12H2,1-3H3/b14-6+,15-13+. The minimum Gasteiger partial charge on any atom is -0.379 e. The van der Waals surface area contributed by atoms with Crippen LogP contribution in [-0.4, -0.2) is 61.2 Å². The second-order valence-corrected chi connectivity index (χ2v) is 5.36. The topological polar surface area (TPSA) is 58.8 Å². The van der Waals surface area contributed by atoms with Crippen LogP contribution in [-0.2, 0) is 4.74 Å². The van der Waals surface area contributed by atoms with Gasteiger partial charge in [0.25, 0.3) is 5.70 Å². The average Bonchev–Trinajstić information content (AvgIpc) is 2.45. The molecule has 0 saturated carbocycles. The summed E-state index contributed by atoms with van der Waals surface area (Å²) in [7, 11) is 1.89. The number of ether oxygens (including phenoxy) is 1. The highest BCUT2D eigenvalue weighted by Gasteiger charge is 2.14. The van der Waals surface area contributed by atoms with Crippen molar-refractivity contribution in [1.82, 2.24) is 9.80 Å². The molecule has 0 bridgehead atoms. The molecule has 0 radical (unpaired) electrons. The number of nitrogens with zero attached hydrogens (tertiary/aromatic N) is 3. The van der Waals surface area contributed by atoms with Crippen molar-refractivity contribution in [1.29, 1.82) is 0 Å². The predicted octanol–water partition coefficient (Wildman–Crippen LogP) is 2.11. The van der Waals surface area contributed by atoms with Crippen LogP contribution in [0.1, 0.15) is 26.7 Å². The van der Waals surface area contributed by atoms with Gasteiger partial charge in [0, 0.05) is 38.8 Å². The Morgan fingerprint density at radius 3 is 2.67 bits per heavy atom. The SMILES string of the molecule is CC/C=C(C)/C(=C\N(C)CCCN1CCOCC1)[N+](=O)[O-]. The summed E-state index contributed by atoms with van der Waals surface area (Å²) < 4.78 is 5.31. The van der Waals surface area contributed by atoms with E-state index in [0.717, 1.165) is 57.8 Å². The smallest absolute Gasteiger partial charge is 0.287 e. The fourth-order valence-corrected chi connectivity index (χ4v) is 2.35. The van der Waals surface area contributed by atoms with Crippen molar-refractivity contribution in [3.8, 4) is 0 Å². The molecular weight excluding hydrogens is 270 g/mol. The Morgan fingerprint density at radius 1 is 1.43 bits per heavy atom. The first-order chi connectivity index (χ1) is 10.0. The van der Waals surface area contributed by atoms with Gasteiger partial charge in [-0.25, -0.2) is 0 Å². The molecule has 0 unspecified atom stereocenters.